The summed E-state index contributed by atoms with van der Waals surface area (Å²) in [7, 11) is 0. The van der Waals surface area contributed by atoms with Crippen molar-refractivity contribution in [2.45, 2.75) is 20.0 Å². The second kappa shape index (κ2) is 4.02. The zero-order valence-electron chi connectivity index (χ0n) is 7.16. The first-order chi connectivity index (χ1) is 6.13. The number of hydrogen-bond acceptors (Lipinski definition) is 3. The lowest BCUT2D eigenvalue weighted by atomic mass is 10.1. The molecule has 0 saturated heterocycles. The van der Waals surface area contributed by atoms with Crippen LogP contribution in [0, 0.1) is 5.92 Å². The average molecular weight is 187 g/mol. The van der Waals surface area contributed by atoms with Gasteiger partial charge in [-0.1, -0.05) is 6.92 Å². The Hall–Kier alpha value is -1.39. The van der Waals surface area contributed by atoms with Gasteiger partial charge < -0.3 is 9.52 Å². The number of aromatic nitrogens is 1. The molecule has 13 heavy (non-hydrogen) atoms. The summed E-state index contributed by atoms with van der Waals surface area (Å²) in [4.78, 5) is 14.2. The van der Waals surface area contributed by atoms with Gasteiger partial charge in [-0.15, -0.1) is 0 Å². The summed E-state index contributed by atoms with van der Waals surface area (Å²) in [6, 6.07) is 0. The molecule has 0 bridgehead atoms. The molecule has 1 atom stereocenters. The van der Waals surface area contributed by atoms with Crippen molar-refractivity contribution >= 4 is 5.97 Å². The Kier molecular flexibility index (Phi) is 3.00. The summed E-state index contributed by atoms with van der Waals surface area (Å²) in [6.45, 7) is 0.854. The van der Waals surface area contributed by atoms with E-state index in [1.54, 1.807) is 6.92 Å². The molecule has 72 valence electrons. The van der Waals surface area contributed by atoms with E-state index in [4.69, 9.17) is 9.52 Å². The number of carboxylic acids is 1. The van der Waals surface area contributed by atoms with Crippen LogP contribution in [0.3, 0.4) is 0 Å². The third kappa shape index (κ3) is 2.54. The fourth-order valence-electron chi connectivity index (χ4n) is 0.853. The van der Waals surface area contributed by atoms with E-state index in [9.17, 15) is 9.18 Å². The van der Waals surface area contributed by atoms with Gasteiger partial charge in [0.15, 0.2) is 5.89 Å². The van der Waals surface area contributed by atoms with Crippen LogP contribution in [0.5, 0.6) is 0 Å². The highest BCUT2D eigenvalue weighted by Crippen LogP contribution is 2.09. The highest BCUT2D eigenvalue weighted by Gasteiger charge is 2.15. The SMILES string of the molecule is CC(Cc1nc(CF)co1)C(=O)O. The lowest BCUT2D eigenvalue weighted by molar-refractivity contribution is -0.141. The minimum absolute atomic E-state index is 0.190. The first-order valence-corrected chi connectivity index (χ1v) is 3.85. The minimum Gasteiger partial charge on any atom is -0.481 e. The van der Waals surface area contributed by atoms with Crippen LogP contribution in [0.2, 0.25) is 0 Å². The van der Waals surface area contributed by atoms with Gasteiger partial charge in [0, 0.05) is 6.42 Å². The van der Waals surface area contributed by atoms with Gasteiger partial charge in [0.1, 0.15) is 18.6 Å². The maximum Gasteiger partial charge on any atom is 0.306 e. The molecule has 1 aromatic rings. The van der Waals surface area contributed by atoms with Gasteiger partial charge in [0.25, 0.3) is 0 Å². The molecular formula is C8H10FNO3. The monoisotopic (exact) mass is 187 g/mol. The summed E-state index contributed by atoms with van der Waals surface area (Å²) < 4.78 is 16.9. The summed E-state index contributed by atoms with van der Waals surface area (Å²) in [6.07, 6.45) is 1.39. The number of aliphatic carboxylic acids is 1. The van der Waals surface area contributed by atoms with Gasteiger partial charge in [-0.2, -0.15) is 0 Å². The van der Waals surface area contributed by atoms with E-state index in [-0.39, 0.29) is 18.0 Å². The van der Waals surface area contributed by atoms with Crippen LogP contribution < -0.4 is 0 Å². The van der Waals surface area contributed by atoms with E-state index in [0.29, 0.717) is 0 Å². The number of hydrogen-bond donors (Lipinski definition) is 1. The fraction of sp³-hybridized carbons (Fsp3) is 0.500. The van der Waals surface area contributed by atoms with Gasteiger partial charge in [-0.3, -0.25) is 4.79 Å². The zero-order chi connectivity index (χ0) is 9.84. The van der Waals surface area contributed by atoms with E-state index in [2.05, 4.69) is 4.98 Å². The highest BCUT2D eigenvalue weighted by molar-refractivity contribution is 5.69. The van der Waals surface area contributed by atoms with Crippen molar-refractivity contribution in [2.75, 3.05) is 0 Å². The molecule has 0 amide bonds. The highest BCUT2D eigenvalue weighted by atomic mass is 19.1. The zero-order valence-corrected chi connectivity index (χ0v) is 7.16. The number of alkyl halides is 1. The third-order valence-electron chi connectivity index (χ3n) is 1.64. The van der Waals surface area contributed by atoms with Crippen molar-refractivity contribution < 1.29 is 18.7 Å². The minimum atomic E-state index is -0.917. The Labute approximate surface area is 74.4 Å². The molecule has 4 nitrogen and oxygen atoms in total. The third-order valence-corrected chi connectivity index (χ3v) is 1.64. The summed E-state index contributed by atoms with van der Waals surface area (Å²) >= 11 is 0. The maximum atomic E-state index is 12.0. The fourth-order valence-corrected chi connectivity index (χ4v) is 0.853. The van der Waals surface area contributed by atoms with Crippen LogP contribution in [0.1, 0.15) is 18.5 Å². The van der Waals surface area contributed by atoms with Crippen LogP contribution >= 0.6 is 0 Å². The predicted octanol–water partition coefficient (Wildman–Crippen LogP) is 1.41. The second-order valence-electron chi connectivity index (χ2n) is 2.81. The molecule has 1 N–H and O–H groups in total. The van der Waals surface area contributed by atoms with Crippen molar-refractivity contribution in [3.8, 4) is 0 Å². The molecule has 0 spiro atoms. The Morgan fingerprint density at radius 1 is 1.85 bits per heavy atom. The smallest absolute Gasteiger partial charge is 0.306 e. The molecule has 0 fully saturated rings. The summed E-state index contributed by atoms with van der Waals surface area (Å²) in [5.74, 6) is -1.21. The predicted molar refractivity (Wildman–Crippen MR) is 41.8 cm³/mol. The maximum absolute atomic E-state index is 12.0. The number of carboxylic acid groups (broad SMARTS) is 1. The van der Waals surface area contributed by atoms with Gasteiger partial charge in [0.2, 0.25) is 0 Å². The summed E-state index contributed by atoms with van der Waals surface area (Å²) in [5, 5.41) is 8.56. The molecule has 5 heteroatoms. The van der Waals surface area contributed by atoms with E-state index in [1.165, 1.54) is 6.26 Å². The molecule has 0 saturated carbocycles. The lowest BCUT2D eigenvalue weighted by Gasteiger charge is -2.00. The normalized spacial score (nSPS) is 12.8. The van der Waals surface area contributed by atoms with E-state index in [1.807, 2.05) is 0 Å². The summed E-state index contributed by atoms with van der Waals surface area (Å²) in [5.41, 5.74) is 0.201. The Morgan fingerprint density at radius 2 is 2.54 bits per heavy atom. The molecular weight excluding hydrogens is 177 g/mol. The molecule has 0 aliphatic heterocycles. The molecule has 0 aliphatic carbocycles. The molecule has 1 rings (SSSR count). The number of rotatable bonds is 4. The van der Waals surface area contributed by atoms with Crippen molar-refractivity contribution in [3.05, 3.63) is 17.8 Å². The van der Waals surface area contributed by atoms with Crippen LogP contribution in [0.15, 0.2) is 10.7 Å². The van der Waals surface area contributed by atoms with Crippen molar-refractivity contribution in [2.24, 2.45) is 5.92 Å². The van der Waals surface area contributed by atoms with Gasteiger partial charge in [0.05, 0.1) is 5.92 Å². The van der Waals surface area contributed by atoms with E-state index < -0.39 is 18.6 Å². The van der Waals surface area contributed by atoms with Crippen LogP contribution in [-0.2, 0) is 17.9 Å². The standard InChI is InChI=1S/C8H10FNO3/c1-5(8(11)12)2-7-10-6(3-9)4-13-7/h4-5H,2-3H2,1H3,(H,11,12). The molecule has 1 heterocycles. The van der Waals surface area contributed by atoms with Crippen LogP contribution in [0.25, 0.3) is 0 Å². The quantitative estimate of drug-likeness (QED) is 0.773. The Morgan fingerprint density at radius 3 is 3.00 bits per heavy atom. The molecule has 1 aromatic heterocycles. The second-order valence-corrected chi connectivity index (χ2v) is 2.81. The molecule has 0 aromatic carbocycles. The first-order valence-electron chi connectivity index (χ1n) is 3.85. The molecule has 0 radical (unpaired) electrons. The van der Waals surface area contributed by atoms with Crippen molar-refractivity contribution in [3.63, 3.8) is 0 Å². The van der Waals surface area contributed by atoms with Crippen LogP contribution in [0.4, 0.5) is 4.39 Å². The number of carbonyl (C=O) groups is 1. The number of halogens is 1. The molecule has 1 unspecified atom stereocenters. The number of nitrogens with zero attached hydrogens (tertiary/aromatic N) is 1. The van der Waals surface area contributed by atoms with Crippen molar-refractivity contribution in [1.29, 1.82) is 0 Å². The first kappa shape index (κ1) is 9.70. The topological polar surface area (TPSA) is 63.3 Å². The van der Waals surface area contributed by atoms with Gasteiger partial charge in [-0.05, 0) is 0 Å². The largest absolute Gasteiger partial charge is 0.481 e. The lowest BCUT2D eigenvalue weighted by Crippen LogP contribution is -2.12. The Balaban J connectivity index is 2.58. The van der Waals surface area contributed by atoms with E-state index >= 15 is 0 Å². The number of oxazole rings is 1. The van der Waals surface area contributed by atoms with E-state index in [0.717, 1.165) is 0 Å². The van der Waals surface area contributed by atoms with Gasteiger partial charge in [-0.25, -0.2) is 9.37 Å². The molecule has 0 aliphatic rings. The van der Waals surface area contributed by atoms with Crippen LogP contribution in [-0.4, -0.2) is 16.1 Å². The Bertz CT molecular complexity index is 297. The van der Waals surface area contributed by atoms with Crippen molar-refractivity contribution in [1.82, 2.24) is 4.98 Å². The average Bonchev–Trinajstić information content (AvgIpc) is 2.52. The van der Waals surface area contributed by atoms with Gasteiger partial charge >= 0.3 is 5.97 Å².